The van der Waals surface area contributed by atoms with Crippen LogP contribution in [0.15, 0.2) is 42.5 Å². The number of amides is 2. The van der Waals surface area contributed by atoms with Gasteiger partial charge in [0.2, 0.25) is 10.0 Å². The lowest BCUT2D eigenvalue weighted by Gasteiger charge is -2.35. The average molecular weight is 537 g/mol. The van der Waals surface area contributed by atoms with E-state index in [1.807, 2.05) is 12.1 Å². The van der Waals surface area contributed by atoms with Crippen LogP contribution in [-0.2, 0) is 10.0 Å². The van der Waals surface area contributed by atoms with Gasteiger partial charge in [0.1, 0.15) is 5.75 Å². The first kappa shape index (κ1) is 25.6. The highest BCUT2D eigenvalue weighted by Gasteiger charge is 2.39. The lowest BCUT2D eigenvalue weighted by atomic mass is 9.89. The number of halogens is 2. The second-order valence-corrected chi connectivity index (χ2v) is 11.6. The van der Waals surface area contributed by atoms with Crippen molar-refractivity contribution < 1.29 is 17.9 Å². The Morgan fingerprint density at radius 1 is 1.03 bits per heavy atom. The summed E-state index contributed by atoms with van der Waals surface area (Å²) < 4.78 is 31.0. The van der Waals surface area contributed by atoms with E-state index in [1.54, 1.807) is 40.1 Å². The van der Waals surface area contributed by atoms with Crippen LogP contribution in [0.1, 0.15) is 17.0 Å². The molecule has 2 heterocycles. The van der Waals surface area contributed by atoms with Gasteiger partial charge in [-0.25, -0.2) is 13.2 Å². The Balaban J connectivity index is 1.48. The normalized spacial score (nSPS) is 21.1. The Morgan fingerprint density at radius 2 is 1.71 bits per heavy atom. The summed E-state index contributed by atoms with van der Waals surface area (Å²) in [6.45, 7) is 2.65. The van der Waals surface area contributed by atoms with Gasteiger partial charge in [-0.05, 0) is 42.0 Å². The van der Waals surface area contributed by atoms with Crippen LogP contribution < -0.4 is 4.74 Å². The maximum absolute atomic E-state index is 13.3. The number of ether oxygens (including phenoxy) is 1. The van der Waals surface area contributed by atoms with Crippen LogP contribution in [0.4, 0.5) is 4.79 Å². The van der Waals surface area contributed by atoms with Crippen LogP contribution in [0.25, 0.3) is 0 Å². The highest BCUT2D eigenvalue weighted by Crippen LogP contribution is 2.36. The van der Waals surface area contributed by atoms with E-state index in [1.165, 1.54) is 10.6 Å². The molecule has 35 heavy (non-hydrogen) atoms. The van der Waals surface area contributed by atoms with Gasteiger partial charge in [-0.3, -0.25) is 0 Å². The largest absolute Gasteiger partial charge is 0.493 e. The predicted molar refractivity (Wildman–Crippen MR) is 134 cm³/mol. The standard InChI is InChI=1S/C24H26Cl2N4O4S/c1-35(32,33)30-10-8-28(9-11-30)24(31)29-14-19(16-34-20-5-2-17(13-27)3-6-20)21(15-29)18-4-7-22(25)23(26)12-18/h2-7,12,19,21H,8-11,14-16H2,1H3/t19-,21-/m0/s1. The number of likely N-dealkylation sites (tertiary alicyclic amines) is 1. The lowest BCUT2D eigenvalue weighted by molar-refractivity contribution is 0.139. The van der Waals surface area contributed by atoms with E-state index >= 15 is 0 Å². The molecule has 2 amide bonds. The predicted octanol–water partition coefficient (Wildman–Crippen LogP) is 3.66. The molecule has 2 saturated heterocycles. The molecule has 8 nitrogen and oxygen atoms in total. The molecule has 0 bridgehead atoms. The summed E-state index contributed by atoms with van der Waals surface area (Å²) in [6.07, 6.45) is 1.19. The number of carbonyl (C=O) groups excluding carboxylic acids is 1. The van der Waals surface area contributed by atoms with E-state index < -0.39 is 10.0 Å². The molecule has 0 radical (unpaired) electrons. The number of sulfonamides is 1. The molecule has 2 aromatic rings. The van der Waals surface area contributed by atoms with Crippen molar-refractivity contribution in [2.75, 3.05) is 52.1 Å². The van der Waals surface area contributed by atoms with Gasteiger partial charge >= 0.3 is 6.03 Å². The van der Waals surface area contributed by atoms with Crippen LogP contribution in [0.5, 0.6) is 5.75 Å². The molecule has 0 aliphatic carbocycles. The van der Waals surface area contributed by atoms with Crippen LogP contribution >= 0.6 is 23.2 Å². The lowest BCUT2D eigenvalue weighted by Crippen LogP contribution is -2.53. The zero-order chi connectivity index (χ0) is 25.2. The number of hydrogen-bond donors (Lipinski definition) is 0. The van der Waals surface area contributed by atoms with Gasteiger partial charge in [-0.1, -0.05) is 29.3 Å². The minimum atomic E-state index is -3.27. The van der Waals surface area contributed by atoms with E-state index in [-0.39, 0.29) is 17.9 Å². The molecule has 0 saturated carbocycles. The van der Waals surface area contributed by atoms with Crippen molar-refractivity contribution in [3.63, 3.8) is 0 Å². The summed E-state index contributed by atoms with van der Waals surface area (Å²) >= 11 is 12.4. The maximum atomic E-state index is 13.3. The first-order valence-corrected chi connectivity index (χ1v) is 13.8. The molecular formula is C24H26Cl2N4O4S. The van der Waals surface area contributed by atoms with E-state index in [0.717, 1.165) is 5.56 Å². The maximum Gasteiger partial charge on any atom is 0.320 e. The first-order valence-electron chi connectivity index (χ1n) is 11.2. The Kier molecular flexibility index (Phi) is 7.77. The fourth-order valence-electron chi connectivity index (χ4n) is 4.56. The monoisotopic (exact) mass is 536 g/mol. The minimum absolute atomic E-state index is 0.00384. The van der Waals surface area contributed by atoms with Crippen molar-refractivity contribution in [3.05, 3.63) is 63.6 Å². The third-order valence-electron chi connectivity index (χ3n) is 6.51. The zero-order valence-corrected chi connectivity index (χ0v) is 21.6. The highest BCUT2D eigenvalue weighted by molar-refractivity contribution is 7.88. The smallest absolute Gasteiger partial charge is 0.320 e. The molecule has 0 unspecified atom stereocenters. The second-order valence-electron chi connectivity index (χ2n) is 8.82. The topological polar surface area (TPSA) is 94.0 Å². The molecule has 2 aromatic carbocycles. The van der Waals surface area contributed by atoms with Crippen molar-refractivity contribution >= 4 is 39.3 Å². The van der Waals surface area contributed by atoms with Gasteiger partial charge in [0.05, 0.1) is 34.5 Å². The summed E-state index contributed by atoms with van der Waals surface area (Å²) in [5.74, 6) is 0.645. The third-order valence-corrected chi connectivity index (χ3v) is 8.55. The molecule has 0 aromatic heterocycles. The number of nitriles is 1. The zero-order valence-electron chi connectivity index (χ0n) is 19.2. The average Bonchev–Trinajstić information content (AvgIpc) is 3.28. The number of nitrogens with zero attached hydrogens (tertiary/aromatic N) is 4. The molecule has 2 aliphatic heterocycles. The van der Waals surface area contributed by atoms with Crippen molar-refractivity contribution in [3.8, 4) is 11.8 Å². The molecule has 4 rings (SSSR count). The third kappa shape index (κ3) is 6.01. The number of piperazine rings is 1. The van der Waals surface area contributed by atoms with Gasteiger partial charge in [0, 0.05) is 51.1 Å². The minimum Gasteiger partial charge on any atom is -0.493 e. The van der Waals surface area contributed by atoms with Crippen LogP contribution in [-0.4, -0.2) is 80.7 Å². The number of benzene rings is 2. The number of urea groups is 1. The van der Waals surface area contributed by atoms with Gasteiger partial charge in [-0.15, -0.1) is 0 Å². The number of carbonyl (C=O) groups is 1. The van der Waals surface area contributed by atoms with Gasteiger partial charge in [-0.2, -0.15) is 9.57 Å². The summed E-state index contributed by atoms with van der Waals surface area (Å²) in [4.78, 5) is 16.8. The van der Waals surface area contributed by atoms with Crippen LogP contribution in [0.2, 0.25) is 10.0 Å². The van der Waals surface area contributed by atoms with E-state index in [2.05, 4.69) is 6.07 Å². The molecule has 2 aliphatic rings. The van der Waals surface area contributed by atoms with E-state index in [4.69, 9.17) is 33.2 Å². The van der Waals surface area contributed by atoms with E-state index in [9.17, 15) is 13.2 Å². The van der Waals surface area contributed by atoms with Gasteiger partial charge in [0.25, 0.3) is 0 Å². The van der Waals surface area contributed by atoms with Gasteiger partial charge in [0.15, 0.2) is 0 Å². The van der Waals surface area contributed by atoms with Crippen LogP contribution in [0, 0.1) is 17.2 Å². The second kappa shape index (κ2) is 10.6. The Morgan fingerprint density at radius 3 is 2.31 bits per heavy atom. The summed E-state index contributed by atoms with van der Waals surface area (Å²) in [5, 5.41) is 9.92. The SMILES string of the molecule is CS(=O)(=O)N1CCN(C(=O)N2C[C@@H](COc3ccc(C#N)cc3)[C@H](c3ccc(Cl)c(Cl)c3)C2)CC1. The van der Waals surface area contributed by atoms with Crippen molar-refractivity contribution in [2.45, 2.75) is 5.92 Å². The molecule has 2 atom stereocenters. The Hall–Kier alpha value is -2.51. The number of rotatable bonds is 5. The van der Waals surface area contributed by atoms with Crippen molar-refractivity contribution in [1.29, 1.82) is 5.26 Å². The molecular weight excluding hydrogens is 511 g/mol. The molecule has 0 N–H and O–H groups in total. The molecule has 11 heteroatoms. The van der Waals surface area contributed by atoms with E-state index in [0.29, 0.717) is 67.2 Å². The van der Waals surface area contributed by atoms with Gasteiger partial charge < -0.3 is 14.5 Å². The quantitative estimate of drug-likeness (QED) is 0.581. The molecule has 186 valence electrons. The Labute approximate surface area is 215 Å². The fourth-order valence-corrected chi connectivity index (χ4v) is 5.69. The first-order chi connectivity index (χ1) is 16.7. The van der Waals surface area contributed by atoms with Crippen molar-refractivity contribution in [1.82, 2.24) is 14.1 Å². The number of hydrogen-bond acceptors (Lipinski definition) is 5. The highest BCUT2D eigenvalue weighted by atomic mass is 35.5. The van der Waals surface area contributed by atoms with Crippen LogP contribution in [0.3, 0.4) is 0 Å². The summed E-state index contributed by atoms with van der Waals surface area (Å²) in [5.41, 5.74) is 1.53. The Bertz CT molecular complexity index is 1230. The molecule has 2 fully saturated rings. The van der Waals surface area contributed by atoms with Crippen molar-refractivity contribution in [2.24, 2.45) is 5.92 Å². The fraction of sp³-hybridized carbons (Fsp3) is 0.417. The summed E-state index contributed by atoms with van der Waals surface area (Å²) in [6, 6.07) is 14.4. The molecule has 0 spiro atoms. The summed E-state index contributed by atoms with van der Waals surface area (Å²) in [7, 11) is -3.27.